The van der Waals surface area contributed by atoms with E-state index >= 15 is 0 Å². The van der Waals surface area contributed by atoms with Crippen molar-refractivity contribution in [3.8, 4) is 0 Å². The maximum atomic E-state index is 11.8. The normalized spacial score (nSPS) is 13.1. The zero-order chi connectivity index (χ0) is 14.2. The van der Waals surface area contributed by atoms with E-state index in [4.69, 9.17) is 0 Å². The molecule has 0 saturated carbocycles. The Labute approximate surface area is 121 Å². The predicted molar refractivity (Wildman–Crippen MR) is 81.7 cm³/mol. The fraction of sp³-hybridized carbons (Fsp3) is 0.125. The average Bonchev–Trinajstić information content (AvgIpc) is 2.48. The Bertz CT molecular complexity index is 619. The molecule has 20 heavy (non-hydrogen) atoms. The first-order valence-corrected chi connectivity index (χ1v) is 7.45. The van der Waals surface area contributed by atoms with Crippen LogP contribution in [0.2, 0.25) is 0 Å². The van der Waals surface area contributed by atoms with Gasteiger partial charge in [0.1, 0.15) is 0 Å². The topological polar surface area (TPSA) is 41.8 Å². The summed E-state index contributed by atoms with van der Waals surface area (Å²) in [5.41, 5.74) is 2.34. The Balaban J connectivity index is 1.87. The number of aryl methyl sites for hydroxylation is 1. The van der Waals surface area contributed by atoms with Crippen LogP contribution in [0.15, 0.2) is 81.4 Å². The molecular weight excluding hydrogens is 268 g/mol. The molecule has 2 rings (SSSR count). The fourth-order valence-electron chi connectivity index (χ4n) is 1.62. The standard InChI is InChI=1S/C16H16N2OS/c1-14-9-11-16(12-10-14)20(19)18-17-13-5-8-15-6-3-2-4-7-15/h2-7,9-13H,8H2,1H3/b13-5+,18-17?. The quantitative estimate of drug-likeness (QED) is 0.758. The maximum absolute atomic E-state index is 11.8. The summed E-state index contributed by atoms with van der Waals surface area (Å²) in [6, 6.07) is 17.5. The van der Waals surface area contributed by atoms with E-state index in [2.05, 4.69) is 9.63 Å². The van der Waals surface area contributed by atoms with Gasteiger partial charge in [0.2, 0.25) is 0 Å². The van der Waals surface area contributed by atoms with Crippen LogP contribution in [0.3, 0.4) is 0 Å². The van der Waals surface area contributed by atoms with Crippen LogP contribution in [0.4, 0.5) is 0 Å². The maximum Gasteiger partial charge on any atom is 0.191 e. The highest BCUT2D eigenvalue weighted by Gasteiger charge is 1.99. The molecule has 0 saturated heterocycles. The van der Waals surface area contributed by atoms with Gasteiger partial charge in [0.25, 0.3) is 0 Å². The molecule has 0 aliphatic rings. The van der Waals surface area contributed by atoms with E-state index in [0.29, 0.717) is 4.90 Å². The minimum Gasteiger partial charge on any atom is -0.228 e. The Morgan fingerprint density at radius 2 is 1.75 bits per heavy atom. The molecule has 102 valence electrons. The number of benzene rings is 2. The van der Waals surface area contributed by atoms with Crippen molar-refractivity contribution in [2.24, 2.45) is 9.63 Å². The SMILES string of the molecule is Cc1ccc(S(=O)N=N/C=C/Cc2ccccc2)cc1. The van der Waals surface area contributed by atoms with Gasteiger partial charge in [-0.1, -0.05) is 58.6 Å². The van der Waals surface area contributed by atoms with Gasteiger partial charge in [-0.25, -0.2) is 4.21 Å². The van der Waals surface area contributed by atoms with E-state index in [0.717, 1.165) is 12.0 Å². The van der Waals surface area contributed by atoms with Crippen molar-refractivity contribution >= 4 is 11.0 Å². The van der Waals surface area contributed by atoms with Crippen LogP contribution >= 0.6 is 0 Å². The largest absolute Gasteiger partial charge is 0.228 e. The first kappa shape index (κ1) is 14.3. The number of hydrogen-bond acceptors (Lipinski definition) is 2. The number of rotatable bonds is 5. The monoisotopic (exact) mass is 284 g/mol. The van der Waals surface area contributed by atoms with Crippen LogP contribution in [0.1, 0.15) is 11.1 Å². The highest BCUT2D eigenvalue weighted by atomic mass is 32.2. The third-order valence-electron chi connectivity index (χ3n) is 2.71. The molecule has 0 radical (unpaired) electrons. The van der Waals surface area contributed by atoms with Gasteiger partial charge >= 0.3 is 0 Å². The van der Waals surface area contributed by atoms with Crippen molar-refractivity contribution in [2.45, 2.75) is 18.2 Å². The molecule has 0 aromatic heterocycles. The zero-order valence-electron chi connectivity index (χ0n) is 11.3. The summed E-state index contributed by atoms with van der Waals surface area (Å²) in [5.74, 6) is 0. The molecule has 1 atom stereocenters. The van der Waals surface area contributed by atoms with Gasteiger partial charge in [-0.3, -0.25) is 0 Å². The van der Waals surface area contributed by atoms with E-state index in [1.54, 1.807) is 18.3 Å². The summed E-state index contributed by atoms with van der Waals surface area (Å²) in [6.45, 7) is 1.99. The van der Waals surface area contributed by atoms with Crippen LogP contribution in [0.5, 0.6) is 0 Å². The Morgan fingerprint density at radius 1 is 1.05 bits per heavy atom. The molecule has 2 aromatic carbocycles. The highest BCUT2D eigenvalue weighted by Crippen LogP contribution is 2.09. The lowest BCUT2D eigenvalue weighted by Gasteiger charge is -1.95. The van der Waals surface area contributed by atoms with Crippen LogP contribution in [-0.2, 0) is 17.4 Å². The first-order valence-electron chi connectivity index (χ1n) is 6.34. The van der Waals surface area contributed by atoms with Crippen molar-refractivity contribution in [3.63, 3.8) is 0 Å². The van der Waals surface area contributed by atoms with Gasteiger partial charge in [-0.05, 0) is 31.0 Å². The minimum atomic E-state index is -1.43. The van der Waals surface area contributed by atoms with Crippen molar-refractivity contribution in [1.29, 1.82) is 0 Å². The predicted octanol–water partition coefficient (Wildman–Crippen LogP) is 4.23. The van der Waals surface area contributed by atoms with E-state index in [1.807, 2.05) is 55.5 Å². The molecule has 0 aliphatic heterocycles. The summed E-state index contributed by atoms with van der Waals surface area (Å²) < 4.78 is 15.6. The second-order valence-corrected chi connectivity index (χ2v) is 5.47. The van der Waals surface area contributed by atoms with Crippen molar-refractivity contribution in [2.75, 3.05) is 0 Å². The van der Waals surface area contributed by atoms with Gasteiger partial charge in [-0.2, -0.15) is 0 Å². The van der Waals surface area contributed by atoms with Gasteiger partial charge in [0.05, 0.1) is 4.90 Å². The van der Waals surface area contributed by atoms with Gasteiger partial charge in [-0.15, -0.1) is 5.11 Å². The summed E-state index contributed by atoms with van der Waals surface area (Å²) in [4.78, 5) is 0.663. The second-order valence-electron chi connectivity index (χ2n) is 4.33. The molecule has 2 aromatic rings. The molecule has 0 spiro atoms. The van der Waals surface area contributed by atoms with Crippen LogP contribution in [0.25, 0.3) is 0 Å². The summed E-state index contributed by atoms with van der Waals surface area (Å²) in [5, 5.41) is 3.83. The Morgan fingerprint density at radius 3 is 2.45 bits per heavy atom. The Hall–Kier alpha value is -2.07. The van der Waals surface area contributed by atoms with Gasteiger partial charge in [0.15, 0.2) is 11.0 Å². The van der Waals surface area contributed by atoms with Crippen LogP contribution in [0, 0.1) is 6.92 Å². The van der Waals surface area contributed by atoms with Gasteiger partial charge in [0, 0.05) is 6.20 Å². The van der Waals surface area contributed by atoms with E-state index in [1.165, 1.54) is 5.56 Å². The first-order chi connectivity index (χ1) is 9.75. The lowest BCUT2D eigenvalue weighted by molar-refractivity contribution is 0.682. The molecule has 0 bridgehead atoms. The third kappa shape index (κ3) is 4.55. The average molecular weight is 284 g/mol. The number of nitrogens with zero attached hydrogens (tertiary/aromatic N) is 2. The molecule has 0 fully saturated rings. The Kier molecular flexibility index (Phi) is 5.38. The highest BCUT2D eigenvalue weighted by molar-refractivity contribution is 7.83. The zero-order valence-corrected chi connectivity index (χ0v) is 12.1. The molecule has 0 heterocycles. The fourth-order valence-corrected chi connectivity index (χ4v) is 2.23. The molecular formula is C16H16N2OS. The van der Waals surface area contributed by atoms with E-state index in [9.17, 15) is 4.21 Å². The molecule has 3 nitrogen and oxygen atoms in total. The lowest BCUT2D eigenvalue weighted by atomic mass is 10.1. The molecule has 1 unspecified atom stereocenters. The third-order valence-corrected chi connectivity index (χ3v) is 3.63. The second kappa shape index (κ2) is 7.50. The molecule has 0 aliphatic carbocycles. The molecule has 0 amide bonds. The van der Waals surface area contributed by atoms with E-state index < -0.39 is 11.0 Å². The summed E-state index contributed by atoms with van der Waals surface area (Å²) in [6.07, 6.45) is 4.27. The van der Waals surface area contributed by atoms with Crippen LogP contribution in [-0.4, -0.2) is 4.21 Å². The van der Waals surface area contributed by atoms with Crippen LogP contribution < -0.4 is 0 Å². The lowest BCUT2D eigenvalue weighted by Crippen LogP contribution is -1.85. The summed E-state index contributed by atoms with van der Waals surface area (Å²) >= 11 is 0. The number of allylic oxidation sites excluding steroid dienone is 1. The van der Waals surface area contributed by atoms with Crippen molar-refractivity contribution in [3.05, 3.63) is 78.0 Å². The molecule has 0 N–H and O–H groups in total. The smallest absolute Gasteiger partial charge is 0.191 e. The van der Waals surface area contributed by atoms with Gasteiger partial charge < -0.3 is 0 Å². The van der Waals surface area contributed by atoms with Crippen molar-refractivity contribution in [1.82, 2.24) is 0 Å². The minimum absolute atomic E-state index is 0.663. The van der Waals surface area contributed by atoms with E-state index in [-0.39, 0.29) is 0 Å². The summed E-state index contributed by atoms with van der Waals surface area (Å²) in [7, 11) is -1.43. The molecule has 4 heteroatoms. The van der Waals surface area contributed by atoms with Crippen molar-refractivity contribution < 1.29 is 4.21 Å². The number of hydrogen-bond donors (Lipinski definition) is 0.